The Labute approximate surface area is 102 Å². The fourth-order valence-corrected chi connectivity index (χ4v) is 2.02. The zero-order chi connectivity index (χ0) is 12.1. The molecule has 0 saturated carbocycles. The van der Waals surface area contributed by atoms with Crippen LogP contribution in [0.1, 0.15) is 12.0 Å². The Morgan fingerprint density at radius 1 is 1.38 bits per heavy atom. The molecule has 0 unspecified atom stereocenters. The molecule has 88 valence electrons. The molecule has 0 spiro atoms. The third-order valence-electron chi connectivity index (χ3n) is 2.12. The van der Waals surface area contributed by atoms with E-state index in [0.717, 1.165) is 10.0 Å². The Kier molecular flexibility index (Phi) is 4.61. The second-order valence-electron chi connectivity index (χ2n) is 3.21. The van der Waals surface area contributed by atoms with Gasteiger partial charge in [-0.3, -0.25) is 4.79 Å². The molecule has 0 aliphatic rings. The van der Waals surface area contributed by atoms with Crippen LogP contribution in [0.2, 0.25) is 0 Å². The number of hydrogen-bond donors (Lipinski definition) is 1. The second-order valence-corrected chi connectivity index (χ2v) is 4.06. The fourth-order valence-electron chi connectivity index (χ4n) is 1.37. The summed E-state index contributed by atoms with van der Waals surface area (Å²) >= 11 is 3.35. The number of methoxy groups -OCH3 is 2. The van der Waals surface area contributed by atoms with Gasteiger partial charge in [-0.25, -0.2) is 0 Å². The van der Waals surface area contributed by atoms with E-state index in [1.807, 2.05) is 6.07 Å². The van der Waals surface area contributed by atoms with Crippen molar-refractivity contribution in [3.8, 4) is 11.5 Å². The van der Waals surface area contributed by atoms with Crippen LogP contribution in [0.15, 0.2) is 16.6 Å². The molecule has 0 atom stereocenters. The third kappa shape index (κ3) is 3.13. The maximum atomic E-state index is 10.5. The van der Waals surface area contributed by atoms with Crippen molar-refractivity contribution in [3.63, 3.8) is 0 Å². The summed E-state index contributed by atoms with van der Waals surface area (Å²) in [7, 11) is 3.10. The highest BCUT2D eigenvalue weighted by atomic mass is 79.9. The summed E-state index contributed by atoms with van der Waals surface area (Å²) < 4.78 is 11.1. The minimum absolute atomic E-state index is 0.0991. The number of carboxylic acid groups (broad SMARTS) is 1. The highest BCUT2D eigenvalue weighted by molar-refractivity contribution is 9.10. The first-order valence-electron chi connectivity index (χ1n) is 4.70. The van der Waals surface area contributed by atoms with Crippen molar-refractivity contribution < 1.29 is 19.4 Å². The molecule has 0 aliphatic heterocycles. The SMILES string of the molecule is COc1cc(CCC(=O)O)cc(Br)c1OC. The van der Waals surface area contributed by atoms with Gasteiger partial charge in [-0.05, 0) is 40.0 Å². The largest absolute Gasteiger partial charge is 0.493 e. The Balaban J connectivity index is 2.96. The minimum atomic E-state index is -0.814. The Bertz CT molecular complexity index is 390. The van der Waals surface area contributed by atoms with E-state index in [1.54, 1.807) is 20.3 Å². The highest BCUT2D eigenvalue weighted by Crippen LogP contribution is 2.36. The Hall–Kier alpha value is -1.23. The number of carboxylic acids is 1. The Morgan fingerprint density at radius 3 is 2.56 bits per heavy atom. The van der Waals surface area contributed by atoms with Gasteiger partial charge in [0.2, 0.25) is 0 Å². The van der Waals surface area contributed by atoms with E-state index < -0.39 is 5.97 Å². The predicted molar refractivity (Wildman–Crippen MR) is 63.2 cm³/mol. The summed E-state index contributed by atoms with van der Waals surface area (Å²) in [5, 5.41) is 8.60. The summed E-state index contributed by atoms with van der Waals surface area (Å²) in [6.07, 6.45) is 0.566. The maximum absolute atomic E-state index is 10.5. The van der Waals surface area contributed by atoms with Crippen LogP contribution in [0.25, 0.3) is 0 Å². The minimum Gasteiger partial charge on any atom is -0.493 e. The summed E-state index contributed by atoms with van der Waals surface area (Å²) in [4.78, 5) is 10.5. The number of ether oxygens (including phenoxy) is 2. The number of hydrogen-bond acceptors (Lipinski definition) is 3. The van der Waals surface area contributed by atoms with Crippen LogP contribution < -0.4 is 9.47 Å². The van der Waals surface area contributed by atoms with Crippen LogP contribution in [0.3, 0.4) is 0 Å². The predicted octanol–water partition coefficient (Wildman–Crippen LogP) is 2.48. The average molecular weight is 289 g/mol. The molecule has 16 heavy (non-hydrogen) atoms. The second kappa shape index (κ2) is 5.75. The molecular weight excluding hydrogens is 276 g/mol. The summed E-state index contributed by atoms with van der Waals surface area (Å²) in [6, 6.07) is 3.62. The molecule has 1 rings (SSSR count). The van der Waals surface area contributed by atoms with Crippen LogP contribution in [0, 0.1) is 0 Å². The van der Waals surface area contributed by atoms with Crippen LogP contribution in [-0.2, 0) is 11.2 Å². The number of aryl methyl sites for hydroxylation is 1. The molecule has 0 radical (unpaired) electrons. The fraction of sp³-hybridized carbons (Fsp3) is 0.364. The average Bonchev–Trinajstić information content (AvgIpc) is 2.25. The van der Waals surface area contributed by atoms with Gasteiger partial charge in [0.1, 0.15) is 0 Å². The van der Waals surface area contributed by atoms with Crippen molar-refractivity contribution >= 4 is 21.9 Å². The van der Waals surface area contributed by atoms with Crippen LogP contribution >= 0.6 is 15.9 Å². The molecule has 1 aromatic rings. The molecule has 0 saturated heterocycles. The van der Waals surface area contributed by atoms with Gasteiger partial charge in [0.25, 0.3) is 0 Å². The van der Waals surface area contributed by atoms with Gasteiger partial charge in [-0.2, -0.15) is 0 Å². The van der Waals surface area contributed by atoms with Crippen molar-refractivity contribution in [1.82, 2.24) is 0 Å². The van der Waals surface area contributed by atoms with Gasteiger partial charge in [0.05, 0.1) is 18.7 Å². The topological polar surface area (TPSA) is 55.8 Å². The summed E-state index contributed by atoms with van der Waals surface area (Å²) in [5.41, 5.74) is 0.895. The first kappa shape index (κ1) is 12.8. The molecule has 0 aromatic heterocycles. The van der Waals surface area contributed by atoms with Crippen molar-refractivity contribution in [1.29, 1.82) is 0 Å². The number of aliphatic carboxylic acids is 1. The monoisotopic (exact) mass is 288 g/mol. The quantitative estimate of drug-likeness (QED) is 0.904. The van der Waals surface area contributed by atoms with E-state index >= 15 is 0 Å². The van der Waals surface area contributed by atoms with Gasteiger partial charge in [0.15, 0.2) is 11.5 Å². The molecular formula is C11H13BrO4. The molecule has 0 bridgehead atoms. The number of benzene rings is 1. The lowest BCUT2D eigenvalue weighted by atomic mass is 10.1. The Morgan fingerprint density at radius 2 is 2.06 bits per heavy atom. The highest BCUT2D eigenvalue weighted by Gasteiger charge is 2.11. The molecule has 0 aliphatic carbocycles. The maximum Gasteiger partial charge on any atom is 0.303 e. The van der Waals surface area contributed by atoms with E-state index in [0.29, 0.717) is 17.9 Å². The van der Waals surface area contributed by atoms with Gasteiger partial charge in [0, 0.05) is 6.42 Å². The normalized spacial score (nSPS) is 9.94. The van der Waals surface area contributed by atoms with Crippen LogP contribution in [0.4, 0.5) is 0 Å². The van der Waals surface area contributed by atoms with Crippen molar-refractivity contribution in [3.05, 3.63) is 22.2 Å². The number of rotatable bonds is 5. The first-order valence-corrected chi connectivity index (χ1v) is 5.50. The van der Waals surface area contributed by atoms with Crippen molar-refractivity contribution in [2.24, 2.45) is 0 Å². The zero-order valence-electron chi connectivity index (χ0n) is 9.12. The molecule has 0 amide bonds. The molecule has 0 fully saturated rings. The summed E-state index contributed by atoms with van der Waals surface area (Å²) in [5.74, 6) is 0.393. The van der Waals surface area contributed by atoms with E-state index in [9.17, 15) is 4.79 Å². The van der Waals surface area contributed by atoms with E-state index in [-0.39, 0.29) is 6.42 Å². The van der Waals surface area contributed by atoms with E-state index in [4.69, 9.17) is 14.6 Å². The lowest BCUT2D eigenvalue weighted by Crippen LogP contribution is -1.99. The first-order chi connectivity index (χ1) is 7.58. The van der Waals surface area contributed by atoms with E-state index in [2.05, 4.69) is 15.9 Å². The van der Waals surface area contributed by atoms with Crippen molar-refractivity contribution in [2.75, 3.05) is 14.2 Å². The van der Waals surface area contributed by atoms with Crippen molar-refractivity contribution in [2.45, 2.75) is 12.8 Å². The lowest BCUT2D eigenvalue weighted by molar-refractivity contribution is -0.136. The van der Waals surface area contributed by atoms with E-state index in [1.165, 1.54) is 0 Å². The smallest absolute Gasteiger partial charge is 0.303 e. The van der Waals surface area contributed by atoms with Crippen LogP contribution in [0.5, 0.6) is 11.5 Å². The molecule has 4 nitrogen and oxygen atoms in total. The zero-order valence-corrected chi connectivity index (χ0v) is 10.7. The molecule has 5 heteroatoms. The van der Waals surface area contributed by atoms with Crippen LogP contribution in [-0.4, -0.2) is 25.3 Å². The van der Waals surface area contributed by atoms with Gasteiger partial charge in [-0.15, -0.1) is 0 Å². The lowest BCUT2D eigenvalue weighted by Gasteiger charge is -2.11. The molecule has 1 N–H and O–H groups in total. The van der Waals surface area contributed by atoms with Gasteiger partial charge >= 0.3 is 5.97 Å². The number of halogens is 1. The van der Waals surface area contributed by atoms with Gasteiger partial charge in [-0.1, -0.05) is 0 Å². The third-order valence-corrected chi connectivity index (χ3v) is 2.71. The molecule has 1 aromatic carbocycles. The standard InChI is InChI=1S/C11H13BrO4/c1-15-9-6-7(3-4-10(13)14)5-8(12)11(9)16-2/h5-6H,3-4H2,1-2H3,(H,13,14). The molecule has 0 heterocycles. The van der Waals surface area contributed by atoms with Gasteiger partial charge < -0.3 is 14.6 Å². The summed E-state index contributed by atoms with van der Waals surface area (Å²) in [6.45, 7) is 0. The number of carbonyl (C=O) groups is 1.